The maximum absolute atomic E-state index is 12.7. The predicted octanol–water partition coefficient (Wildman–Crippen LogP) is 1.42. The number of hydrogen-bond donors (Lipinski definition) is 2. The van der Waals surface area contributed by atoms with Crippen LogP contribution in [0.25, 0.3) is 0 Å². The second-order valence-electron chi connectivity index (χ2n) is 6.48. The number of rotatable bonds is 8. The normalized spacial score (nSPS) is 13.5. The van der Waals surface area contributed by atoms with Crippen molar-refractivity contribution in [2.75, 3.05) is 36.0 Å². The number of carbonyl (C=O) groups excluding carboxylic acids is 1. The van der Waals surface area contributed by atoms with Crippen LogP contribution in [0.5, 0.6) is 11.5 Å². The van der Waals surface area contributed by atoms with E-state index in [9.17, 15) is 21.6 Å². The van der Waals surface area contributed by atoms with Crippen LogP contribution in [-0.2, 0) is 19.9 Å². The Kier molecular flexibility index (Phi) is 6.52. The fourth-order valence-electron chi connectivity index (χ4n) is 2.70. The van der Waals surface area contributed by atoms with E-state index in [2.05, 4.69) is 10.0 Å². The van der Waals surface area contributed by atoms with Crippen LogP contribution in [0.3, 0.4) is 0 Å². The molecule has 2 N–H and O–H groups in total. The maximum atomic E-state index is 12.7. The molecule has 0 bridgehead atoms. The number of ether oxygens (including phenoxy) is 2. The van der Waals surface area contributed by atoms with Gasteiger partial charge in [-0.1, -0.05) is 13.0 Å². The summed E-state index contributed by atoms with van der Waals surface area (Å²) >= 11 is 0. The molecule has 0 fully saturated rings. The van der Waals surface area contributed by atoms with Gasteiger partial charge in [0, 0.05) is 29.6 Å². The standard InChI is InChI=1S/C19H22N2O7S2/c1-2-29(23,24)11-8-20-19(22)14-4-3-5-15(12-14)21-30(25,26)16-6-7-17-18(13-16)28-10-9-27-17/h3-7,12-13,21H,2,8-11H2,1H3,(H,20,22). The van der Waals surface area contributed by atoms with Gasteiger partial charge >= 0.3 is 0 Å². The SMILES string of the molecule is CCS(=O)(=O)CCNC(=O)c1cccc(NS(=O)(=O)c2ccc3c(c2)OCCO3)c1. The summed E-state index contributed by atoms with van der Waals surface area (Å²) < 4.78 is 61.7. The molecule has 0 unspecified atom stereocenters. The molecule has 9 nitrogen and oxygen atoms in total. The number of carbonyl (C=O) groups is 1. The van der Waals surface area contributed by atoms with Crippen LogP contribution in [0.15, 0.2) is 47.4 Å². The van der Waals surface area contributed by atoms with Gasteiger partial charge in [0.15, 0.2) is 21.3 Å². The van der Waals surface area contributed by atoms with E-state index in [1.54, 1.807) is 0 Å². The highest BCUT2D eigenvalue weighted by molar-refractivity contribution is 7.92. The number of fused-ring (bicyclic) bond motifs is 1. The van der Waals surface area contributed by atoms with E-state index in [-0.39, 0.29) is 34.2 Å². The Morgan fingerprint density at radius 1 is 1.00 bits per heavy atom. The van der Waals surface area contributed by atoms with Crippen molar-refractivity contribution in [3.8, 4) is 11.5 Å². The van der Waals surface area contributed by atoms with Gasteiger partial charge in [0.2, 0.25) is 0 Å². The molecule has 3 rings (SSSR count). The molecular formula is C19H22N2O7S2. The quantitative estimate of drug-likeness (QED) is 0.617. The van der Waals surface area contributed by atoms with Crippen LogP contribution in [-0.4, -0.2) is 54.0 Å². The van der Waals surface area contributed by atoms with Crippen molar-refractivity contribution in [3.05, 3.63) is 48.0 Å². The molecule has 162 valence electrons. The number of benzene rings is 2. The van der Waals surface area contributed by atoms with Crippen LogP contribution in [0.4, 0.5) is 5.69 Å². The first-order valence-electron chi connectivity index (χ1n) is 9.21. The largest absolute Gasteiger partial charge is 0.486 e. The van der Waals surface area contributed by atoms with Gasteiger partial charge in [-0.3, -0.25) is 9.52 Å². The summed E-state index contributed by atoms with van der Waals surface area (Å²) in [7, 11) is -7.12. The van der Waals surface area contributed by atoms with Crippen LogP contribution in [0.2, 0.25) is 0 Å². The molecule has 1 aliphatic rings. The number of sulfone groups is 1. The molecule has 0 radical (unpaired) electrons. The molecule has 1 amide bonds. The van der Waals surface area contributed by atoms with E-state index < -0.39 is 25.8 Å². The van der Waals surface area contributed by atoms with Crippen LogP contribution in [0, 0.1) is 0 Å². The van der Waals surface area contributed by atoms with Crippen molar-refractivity contribution in [2.45, 2.75) is 11.8 Å². The summed E-state index contributed by atoms with van der Waals surface area (Å²) in [6.45, 7) is 2.24. The lowest BCUT2D eigenvalue weighted by atomic mass is 10.2. The van der Waals surface area contributed by atoms with Crippen molar-refractivity contribution in [1.82, 2.24) is 5.32 Å². The first-order chi connectivity index (χ1) is 14.2. The van der Waals surface area contributed by atoms with Gasteiger partial charge in [0.1, 0.15) is 13.2 Å². The molecule has 30 heavy (non-hydrogen) atoms. The fourth-order valence-corrected chi connectivity index (χ4v) is 4.46. The monoisotopic (exact) mass is 454 g/mol. The number of sulfonamides is 1. The predicted molar refractivity (Wildman–Crippen MR) is 111 cm³/mol. The van der Waals surface area contributed by atoms with Crippen LogP contribution in [0.1, 0.15) is 17.3 Å². The summed E-state index contributed by atoms with van der Waals surface area (Å²) in [4.78, 5) is 12.2. The molecule has 0 atom stereocenters. The molecule has 11 heteroatoms. The second-order valence-corrected chi connectivity index (χ2v) is 10.6. The molecule has 0 spiro atoms. The Morgan fingerprint density at radius 2 is 1.73 bits per heavy atom. The highest BCUT2D eigenvalue weighted by atomic mass is 32.2. The molecule has 0 saturated carbocycles. The van der Waals surface area contributed by atoms with Gasteiger partial charge < -0.3 is 14.8 Å². The highest BCUT2D eigenvalue weighted by Crippen LogP contribution is 2.32. The van der Waals surface area contributed by atoms with Crippen LogP contribution >= 0.6 is 0 Å². The van der Waals surface area contributed by atoms with Gasteiger partial charge in [-0.05, 0) is 30.3 Å². The number of amides is 1. The smallest absolute Gasteiger partial charge is 0.262 e. The van der Waals surface area contributed by atoms with Gasteiger partial charge in [0.05, 0.1) is 10.6 Å². The van der Waals surface area contributed by atoms with Crippen molar-refractivity contribution in [3.63, 3.8) is 0 Å². The Bertz CT molecular complexity index is 1150. The average Bonchev–Trinajstić information content (AvgIpc) is 2.73. The first-order valence-corrected chi connectivity index (χ1v) is 12.5. The Labute approximate surface area is 175 Å². The van der Waals surface area contributed by atoms with Crippen molar-refractivity contribution >= 4 is 31.5 Å². The third-order valence-electron chi connectivity index (χ3n) is 4.34. The number of nitrogens with one attached hydrogen (secondary N) is 2. The zero-order chi connectivity index (χ0) is 21.8. The van der Waals surface area contributed by atoms with Crippen LogP contribution < -0.4 is 19.5 Å². The van der Waals surface area contributed by atoms with E-state index in [1.807, 2.05) is 0 Å². The molecule has 0 saturated heterocycles. The lowest BCUT2D eigenvalue weighted by Crippen LogP contribution is -2.29. The minimum absolute atomic E-state index is 0.00000624. The first kappa shape index (κ1) is 21.9. The molecule has 1 heterocycles. The number of hydrogen-bond acceptors (Lipinski definition) is 7. The van der Waals surface area contributed by atoms with E-state index in [1.165, 1.54) is 49.4 Å². The van der Waals surface area contributed by atoms with Crippen molar-refractivity contribution < 1.29 is 31.1 Å². The van der Waals surface area contributed by atoms with E-state index >= 15 is 0 Å². The summed E-state index contributed by atoms with van der Waals surface area (Å²) in [5.74, 6) is 0.163. The van der Waals surface area contributed by atoms with Gasteiger partial charge in [-0.2, -0.15) is 0 Å². The molecule has 0 aromatic heterocycles. The molecule has 1 aliphatic heterocycles. The fraction of sp³-hybridized carbons (Fsp3) is 0.316. The van der Waals surface area contributed by atoms with Gasteiger partial charge in [-0.25, -0.2) is 16.8 Å². The minimum atomic E-state index is -3.93. The zero-order valence-corrected chi connectivity index (χ0v) is 17.9. The Balaban J connectivity index is 1.70. The zero-order valence-electron chi connectivity index (χ0n) is 16.3. The van der Waals surface area contributed by atoms with Crippen molar-refractivity contribution in [2.24, 2.45) is 0 Å². The molecule has 2 aromatic rings. The minimum Gasteiger partial charge on any atom is -0.486 e. The second kappa shape index (κ2) is 8.92. The molecular weight excluding hydrogens is 432 g/mol. The number of anilines is 1. The topological polar surface area (TPSA) is 128 Å². The highest BCUT2D eigenvalue weighted by Gasteiger charge is 2.20. The lowest BCUT2D eigenvalue weighted by molar-refractivity contribution is 0.0956. The van der Waals surface area contributed by atoms with E-state index in [0.29, 0.717) is 24.7 Å². The van der Waals surface area contributed by atoms with Gasteiger partial charge in [-0.15, -0.1) is 0 Å². The summed E-state index contributed by atoms with van der Waals surface area (Å²) in [6, 6.07) is 10.2. The molecule has 0 aliphatic carbocycles. The summed E-state index contributed by atoms with van der Waals surface area (Å²) in [6.07, 6.45) is 0. The Hall–Kier alpha value is -2.79. The maximum Gasteiger partial charge on any atom is 0.262 e. The van der Waals surface area contributed by atoms with E-state index in [0.717, 1.165) is 0 Å². The summed E-state index contributed by atoms with van der Waals surface area (Å²) in [5.41, 5.74) is 0.394. The summed E-state index contributed by atoms with van der Waals surface area (Å²) in [5, 5.41) is 2.52. The third kappa shape index (κ3) is 5.42. The average molecular weight is 455 g/mol. The molecule has 2 aromatic carbocycles. The lowest BCUT2D eigenvalue weighted by Gasteiger charge is -2.19. The van der Waals surface area contributed by atoms with Gasteiger partial charge in [0.25, 0.3) is 15.9 Å². The van der Waals surface area contributed by atoms with Crippen molar-refractivity contribution in [1.29, 1.82) is 0 Å². The third-order valence-corrected chi connectivity index (χ3v) is 7.42. The van der Waals surface area contributed by atoms with E-state index in [4.69, 9.17) is 9.47 Å². The Morgan fingerprint density at radius 3 is 2.47 bits per heavy atom.